The summed E-state index contributed by atoms with van der Waals surface area (Å²) < 4.78 is 2.76. The average Bonchev–Trinajstić information content (AvgIpc) is 2.67. The number of likely N-dealkylation sites (N-methyl/N-ethyl adjacent to an activating group) is 1. The Hall–Kier alpha value is -2.01. The fourth-order valence-corrected chi connectivity index (χ4v) is 2.93. The van der Waals surface area contributed by atoms with E-state index in [1.54, 1.807) is 38.4 Å². The van der Waals surface area contributed by atoms with E-state index in [2.05, 4.69) is 14.2 Å². The van der Waals surface area contributed by atoms with E-state index in [1.807, 2.05) is 35.9 Å². The summed E-state index contributed by atoms with van der Waals surface area (Å²) >= 11 is 1.83. The van der Waals surface area contributed by atoms with Crippen molar-refractivity contribution in [1.29, 1.82) is 0 Å². The fourth-order valence-electron chi connectivity index (χ4n) is 2.33. The third kappa shape index (κ3) is 7.25. The Balaban J connectivity index is 2.71. The van der Waals surface area contributed by atoms with E-state index < -0.39 is 36.2 Å². The summed E-state index contributed by atoms with van der Waals surface area (Å²) in [5.41, 5.74) is 0.629. The fraction of sp³-hybridized carbons (Fsp3) is 0.444. The number of rotatable bonds is 10. The van der Waals surface area contributed by atoms with Gasteiger partial charge in [0.25, 0.3) is 5.91 Å². The van der Waals surface area contributed by atoms with Crippen LogP contribution in [0.2, 0.25) is 0 Å². The Morgan fingerprint density at radius 1 is 1.11 bits per heavy atom. The number of Topliss-reactive ketones (excluding diaryl/α,β-unsaturated/α-hetero) is 1. The summed E-state index contributed by atoms with van der Waals surface area (Å²) in [5.74, 6) is -2.31. The molecular formula is C18H25IN4O4. The van der Waals surface area contributed by atoms with Crippen LogP contribution in [0, 0.1) is 0 Å². The molecule has 148 valence electrons. The van der Waals surface area contributed by atoms with Gasteiger partial charge in [-0.15, -0.1) is 0 Å². The van der Waals surface area contributed by atoms with Gasteiger partial charge in [-0.05, 0) is 12.0 Å². The van der Waals surface area contributed by atoms with Crippen molar-refractivity contribution in [3.05, 3.63) is 35.9 Å². The quantitative estimate of drug-likeness (QED) is 0.256. The van der Waals surface area contributed by atoms with Gasteiger partial charge in [0.2, 0.25) is 17.6 Å². The third-order valence-electron chi connectivity index (χ3n) is 3.78. The van der Waals surface area contributed by atoms with E-state index in [0.29, 0.717) is 12.0 Å². The zero-order valence-electron chi connectivity index (χ0n) is 15.6. The van der Waals surface area contributed by atoms with Gasteiger partial charge in [0.15, 0.2) is 0 Å². The SMILES string of the molecule is CCCC(NI)C(=O)C(=O)NCC(=O)N[C@H](C(=O)N(C)C)c1ccccc1. The van der Waals surface area contributed by atoms with Gasteiger partial charge in [-0.1, -0.05) is 43.7 Å². The molecule has 27 heavy (non-hydrogen) atoms. The molecule has 0 heterocycles. The number of hydrogen-bond acceptors (Lipinski definition) is 5. The number of carbonyl (C=O) groups is 4. The number of ketones is 1. The van der Waals surface area contributed by atoms with Crippen LogP contribution in [0.1, 0.15) is 31.4 Å². The predicted molar refractivity (Wildman–Crippen MR) is 110 cm³/mol. The van der Waals surface area contributed by atoms with Crippen LogP contribution in [0.4, 0.5) is 0 Å². The molecule has 3 N–H and O–H groups in total. The summed E-state index contributed by atoms with van der Waals surface area (Å²) in [7, 11) is 3.19. The molecule has 2 atom stereocenters. The molecule has 0 bridgehead atoms. The molecule has 0 aromatic heterocycles. The number of amides is 3. The summed E-state index contributed by atoms with van der Waals surface area (Å²) in [6.45, 7) is 1.51. The van der Waals surface area contributed by atoms with Gasteiger partial charge in [0, 0.05) is 37.0 Å². The average molecular weight is 488 g/mol. The van der Waals surface area contributed by atoms with Crippen LogP contribution in [-0.2, 0) is 19.2 Å². The second-order valence-electron chi connectivity index (χ2n) is 6.14. The molecule has 0 aliphatic carbocycles. The molecule has 9 heteroatoms. The summed E-state index contributed by atoms with van der Waals surface area (Å²) in [5, 5.41) is 4.92. The van der Waals surface area contributed by atoms with Gasteiger partial charge in [0.1, 0.15) is 6.04 Å². The van der Waals surface area contributed by atoms with Crippen LogP contribution in [0.25, 0.3) is 0 Å². The second-order valence-corrected chi connectivity index (χ2v) is 6.76. The van der Waals surface area contributed by atoms with E-state index in [0.717, 1.165) is 6.42 Å². The lowest BCUT2D eigenvalue weighted by atomic mass is 10.1. The van der Waals surface area contributed by atoms with Crippen LogP contribution < -0.4 is 14.2 Å². The first-order chi connectivity index (χ1) is 12.8. The van der Waals surface area contributed by atoms with E-state index in [9.17, 15) is 19.2 Å². The highest BCUT2D eigenvalue weighted by atomic mass is 127. The minimum atomic E-state index is -0.870. The molecule has 3 amide bonds. The van der Waals surface area contributed by atoms with E-state index in [4.69, 9.17) is 0 Å². The van der Waals surface area contributed by atoms with Gasteiger partial charge in [-0.25, -0.2) is 3.53 Å². The first kappa shape index (κ1) is 23.0. The summed E-state index contributed by atoms with van der Waals surface area (Å²) in [4.78, 5) is 50.0. The highest BCUT2D eigenvalue weighted by Gasteiger charge is 2.26. The van der Waals surface area contributed by atoms with Crippen LogP contribution in [-0.4, -0.2) is 55.1 Å². The number of halogens is 1. The Labute approximate surface area is 172 Å². The lowest BCUT2D eigenvalue weighted by Crippen LogP contribution is -2.47. The second kappa shape index (κ2) is 11.7. The van der Waals surface area contributed by atoms with Gasteiger partial charge in [0.05, 0.1) is 12.6 Å². The van der Waals surface area contributed by atoms with Crippen molar-refractivity contribution in [3.63, 3.8) is 0 Å². The van der Waals surface area contributed by atoms with Gasteiger partial charge >= 0.3 is 0 Å². The van der Waals surface area contributed by atoms with Crippen LogP contribution in [0.3, 0.4) is 0 Å². The van der Waals surface area contributed by atoms with Crippen LogP contribution in [0.5, 0.6) is 0 Å². The molecule has 0 radical (unpaired) electrons. The third-order valence-corrected chi connectivity index (χ3v) is 4.54. The Morgan fingerprint density at radius 3 is 2.26 bits per heavy atom. The van der Waals surface area contributed by atoms with Crippen molar-refractivity contribution in [2.45, 2.75) is 31.8 Å². The number of nitrogens with one attached hydrogen (secondary N) is 3. The number of carbonyl (C=O) groups excluding carboxylic acids is 4. The molecule has 1 aromatic rings. The van der Waals surface area contributed by atoms with Gasteiger partial charge in [-0.2, -0.15) is 0 Å². The van der Waals surface area contributed by atoms with Crippen LogP contribution in [0.15, 0.2) is 30.3 Å². The highest BCUT2D eigenvalue weighted by molar-refractivity contribution is 14.1. The van der Waals surface area contributed by atoms with E-state index in [1.165, 1.54) is 4.90 Å². The Kier molecular flexibility index (Phi) is 9.94. The lowest BCUT2D eigenvalue weighted by Gasteiger charge is -2.22. The van der Waals surface area contributed by atoms with Crippen molar-refractivity contribution in [2.75, 3.05) is 20.6 Å². The van der Waals surface area contributed by atoms with Crippen LogP contribution >= 0.6 is 22.9 Å². The van der Waals surface area contributed by atoms with Gasteiger partial charge < -0.3 is 15.5 Å². The smallest absolute Gasteiger partial charge is 0.289 e. The summed E-state index contributed by atoms with van der Waals surface area (Å²) in [6.07, 6.45) is 1.26. The molecule has 1 unspecified atom stereocenters. The lowest BCUT2D eigenvalue weighted by molar-refractivity contribution is -0.139. The maximum atomic E-state index is 12.4. The molecule has 0 aliphatic rings. The summed E-state index contributed by atoms with van der Waals surface area (Å²) in [6, 6.07) is 7.34. The first-order valence-electron chi connectivity index (χ1n) is 8.55. The molecule has 0 spiro atoms. The van der Waals surface area contributed by atoms with Crippen molar-refractivity contribution in [2.24, 2.45) is 0 Å². The van der Waals surface area contributed by atoms with Crippen molar-refractivity contribution in [3.8, 4) is 0 Å². The van der Waals surface area contributed by atoms with E-state index in [-0.39, 0.29) is 5.91 Å². The van der Waals surface area contributed by atoms with Crippen molar-refractivity contribution in [1.82, 2.24) is 19.1 Å². The molecule has 1 aromatic carbocycles. The molecule has 0 fully saturated rings. The minimum Gasteiger partial charge on any atom is -0.347 e. The predicted octanol–water partition coefficient (Wildman–Crippen LogP) is 0.726. The van der Waals surface area contributed by atoms with E-state index >= 15 is 0 Å². The zero-order chi connectivity index (χ0) is 20.4. The number of nitrogens with zero attached hydrogens (tertiary/aromatic N) is 1. The normalized spacial score (nSPS) is 12.6. The first-order valence-corrected chi connectivity index (χ1v) is 9.63. The Bertz CT molecular complexity index is 667. The molecule has 0 saturated carbocycles. The molecule has 0 saturated heterocycles. The van der Waals surface area contributed by atoms with Gasteiger partial charge in [-0.3, -0.25) is 19.2 Å². The molecular weight excluding hydrogens is 463 g/mol. The van der Waals surface area contributed by atoms with Crippen molar-refractivity contribution >= 4 is 46.4 Å². The standard InChI is InChI=1S/C18H25IN4O4/c1-4-8-13(22-19)16(25)17(26)20-11-14(24)21-15(18(27)23(2)3)12-9-6-5-7-10-12/h5-7,9-10,13,15,22H,4,8,11H2,1-3H3,(H,20,26)(H,21,24)/t13?,15-/m0/s1. The topological polar surface area (TPSA) is 108 Å². The van der Waals surface area contributed by atoms with Crippen molar-refractivity contribution < 1.29 is 19.2 Å². The monoisotopic (exact) mass is 488 g/mol. The minimum absolute atomic E-state index is 0.297. The molecule has 8 nitrogen and oxygen atoms in total. The maximum absolute atomic E-state index is 12.4. The number of benzene rings is 1. The molecule has 1 rings (SSSR count). The maximum Gasteiger partial charge on any atom is 0.289 e. The number of hydrogen-bond donors (Lipinski definition) is 3. The Morgan fingerprint density at radius 2 is 1.74 bits per heavy atom. The largest absolute Gasteiger partial charge is 0.347 e. The zero-order valence-corrected chi connectivity index (χ0v) is 17.8. The molecule has 0 aliphatic heterocycles. The highest BCUT2D eigenvalue weighted by Crippen LogP contribution is 2.14.